The van der Waals surface area contributed by atoms with E-state index in [0.717, 1.165) is 29.6 Å². The van der Waals surface area contributed by atoms with Gasteiger partial charge in [0.15, 0.2) is 0 Å². The van der Waals surface area contributed by atoms with E-state index in [1.807, 2.05) is 35.2 Å². The van der Waals surface area contributed by atoms with Crippen LogP contribution >= 0.6 is 0 Å². The minimum absolute atomic E-state index is 0.0431. The molecule has 1 aliphatic rings. The van der Waals surface area contributed by atoms with Crippen molar-refractivity contribution >= 4 is 16.8 Å². The predicted molar refractivity (Wildman–Crippen MR) is 97.1 cm³/mol. The zero-order valence-electron chi connectivity index (χ0n) is 14.2. The van der Waals surface area contributed by atoms with E-state index in [9.17, 15) is 4.79 Å². The molecule has 1 aromatic carbocycles. The fraction of sp³-hybridized carbons (Fsp3) is 0.350. The van der Waals surface area contributed by atoms with Gasteiger partial charge in [-0.05, 0) is 25.0 Å². The Hall–Kier alpha value is -2.69. The maximum Gasteiger partial charge on any atom is 0.256 e. The summed E-state index contributed by atoms with van der Waals surface area (Å²) >= 11 is 0. The molecule has 0 saturated heterocycles. The number of rotatable bonds is 4. The number of para-hydroxylation sites is 1. The van der Waals surface area contributed by atoms with E-state index < -0.39 is 0 Å². The Bertz CT molecular complexity index is 853. The monoisotopic (exact) mass is 334 g/mol. The molecule has 0 unspecified atom stereocenters. The molecule has 0 aliphatic heterocycles. The number of aromatic amines is 1. The van der Waals surface area contributed by atoms with Gasteiger partial charge in [0, 0.05) is 30.0 Å². The summed E-state index contributed by atoms with van der Waals surface area (Å²) in [5.74, 6) is 0.870. The van der Waals surface area contributed by atoms with Gasteiger partial charge in [-0.2, -0.15) is 0 Å². The minimum atomic E-state index is 0.0431. The van der Waals surface area contributed by atoms with Gasteiger partial charge in [-0.3, -0.25) is 9.78 Å². The molecule has 4 rings (SSSR count). The van der Waals surface area contributed by atoms with Crippen molar-refractivity contribution in [1.29, 1.82) is 0 Å². The van der Waals surface area contributed by atoms with E-state index in [0.29, 0.717) is 12.1 Å². The van der Waals surface area contributed by atoms with Crippen LogP contribution in [0.25, 0.3) is 10.9 Å². The third-order valence-corrected chi connectivity index (χ3v) is 4.99. The Morgan fingerprint density at radius 1 is 1.16 bits per heavy atom. The Kier molecular flexibility index (Phi) is 4.46. The number of imidazole rings is 1. The number of H-pyrrole nitrogens is 1. The molecule has 1 fully saturated rings. The largest absolute Gasteiger partial charge is 0.347 e. The lowest BCUT2D eigenvalue weighted by Gasteiger charge is -2.34. The highest BCUT2D eigenvalue weighted by Gasteiger charge is 2.27. The Morgan fingerprint density at radius 3 is 2.80 bits per heavy atom. The molecular formula is C20H22N4O. The smallest absolute Gasteiger partial charge is 0.256 e. The Balaban J connectivity index is 1.65. The summed E-state index contributed by atoms with van der Waals surface area (Å²) in [5.41, 5.74) is 1.56. The molecule has 0 atom stereocenters. The number of nitrogens with one attached hydrogen (secondary N) is 1. The molecule has 5 heteroatoms. The fourth-order valence-electron chi connectivity index (χ4n) is 3.66. The molecule has 25 heavy (non-hydrogen) atoms. The second-order valence-electron chi connectivity index (χ2n) is 6.68. The number of hydrogen-bond acceptors (Lipinski definition) is 3. The van der Waals surface area contributed by atoms with E-state index in [1.54, 1.807) is 18.6 Å². The first-order valence-corrected chi connectivity index (χ1v) is 8.95. The van der Waals surface area contributed by atoms with Crippen LogP contribution in [0.5, 0.6) is 0 Å². The maximum absolute atomic E-state index is 13.3. The second kappa shape index (κ2) is 7.05. The summed E-state index contributed by atoms with van der Waals surface area (Å²) in [5, 5.41) is 0.995. The number of amides is 1. The number of aromatic nitrogens is 3. The lowest BCUT2D eigenvalue weighted by Crippen LogP contribution is -2.41. The van der Waals surface area contributed by atoms with Crippen molar-refractivity contribution in [1.82, 2.24) is 19.9 Å². The summed E-state index contributed by atoms with van der Waals surface area (Å²) in [6.07, 6.45) is 11.0. The van der Waals surface area contributed by atoms with Gasteiger partial charge in [-0.25, -0.2) is 4.98 Å². The van der Waals surface area contributed by atoms with Crippen molar-refractivity contribution in [3.8, 4) is 0 Å². The van der Waals surface area contributed by atoms with Gasteiger partial charge < -0.3 is 9.88 Å². The Labute approximate surface area is 147 Å². The van der Waals surface area contributed by atoms with Gasteiger partial charge in [-0.1, -0.05) is 37.5 Å². The molecule has 2 heterocycles. The summed E-state index contributed by atoms with van der Waals surface area (Å²) < 4.78 is 0. The summed E-state index contributed by atoms with van der Waals surface area (Å²) in [6.45, 7) is 0.517. The lowest BCUT2D eigenvalue weighted by molar-refractivity contribution is 0.0608. The number of nitrogens with zero attached hydrogens (tertiary/aromatic N) is 3. The highest BCUT2D eigenvalue weighted by molar-refractivity contribution is 5.97. The number of pyridine rings is 1. The van der Waals surface area contributed by atoms with E-state index in [-0.39, 0.29) is 11.9 Å². The molecule has 1 aliphatic carbocycles. The van der Waals surface area contributed by atoms with E-state index in [4.69, 9.17) is 0 Å². The zero-order chi connectivity index (χ0) is 17.1. The van der Waals surface area contributed by atoms with Crippen LogP contribution in [0.4, 0.5) is 0 Å². The van der Waals surface area contributed by atoms with Gasteiger partial charge in [0.05, 0.1) is 17.6 Å². The fourth-order valence-corrected chi connectivity index (χ4v) is 3.66. The molecule has 1 saturated carbocycles. The van der Waals surface area contributed by atoms with Crippen molar-refractivity contribution in [2.45, 2.75) is 44.7 Å². The number of benzene rings is 1. The van der Waals surface area contributed by atoms with Crippen molar-refractivity contribution in [3.63, 3.8) is 0 Å². The second-order valence-corrected chi connectivity index (χ2v) is 6.68. The third-order valence-electron chi connectivity index (χ3n) is 4.99. The average molecular weight is 334 g/mol. The summed E-state index contributed by atoms with van der Waals surface area (Å²) in [6, 6.07) is 10.1. The zero-order valence-corrected chi connectivity index (χ0v) is 14.2. The first kappa shape index (κ1) is 15.8. The van der Waals surface area contributed by atoms with Crippen LogP contribution < -0.4 is 0 Å². The first-order chi connectivity index (χ1) is 12.3. The van der Waals surface area contributed by atoms with Crippen molar-refractivity contribution in [2.24, 2.45) is 0 Å². The van der Waals surface area contributed by atoms with Gasteiger partial charge in [0.25, 0.3) is 5.91 Å². The SMILES string of the molecule is O=C(c1cnc2ccccc2c1)N(Cc1ncc[nH]1)C1CCCCC1. The number of carbonyl (C=O) groups excluding carboxylic acids is 1. The molecule has 0 bridgehead atoms. The van der Waals surface area contributed by atoms with Crippen molar-refractivity contribution < 1.29 is 4.79 Å². The summed E-state index contributed by atoms with van der Waals surface area (Å²) in [4.78, 5) is 27.1. The van der Waals surface area contributed by atoms with Crippen LogP contribution in [-0.2, 0) is 6.54 Å². The molecular weight excluding hydrogens is 312 g/mol. The summed E-state index contributed by atoms with van der Waals surface area (Å²) in [7, 11) is 0. The van der Waals surface area contributed by atoms with Gasteiger partial charge in [0.1, 0.15) is 5.82 Å². The van der Waals surface area contributed by atoms with Crippen LogP contribution in [0.15, 0.2) is 48.9 Å². The van der Waals surface area contributed by atoms with Crippen LogP contribution in [0.1, 0.15) is 48.3 Å². The normalized spacial score (nSPS) is 15.4. The highest BCUT2D eigenvalue weighted by atomic mass is 16.2. The third kappa shape index (κ3) is 3.40. The number of carbonyl (C=O) groups is 1. The molecule has 0 radical (unpaired) electrons. The standard InChI is InChI=1S/C20H22N4O/c25-20(16-12-15-6-4-5-9-18(15)23-13-16)24(14-19-21-10-11-22-19)17-7-2-1-3-8-17/h4-6,9-13,17H,1-3,7-8,14H2,(H,21,22). The molecule has 5 nitrogen and oxygen atoms in total. The predicted octanol–water partition coefficient (Wildman–Crippen LogP) is 3.93. The average Bonchev–Trinajstić information content (AvgIpc) is 3.19. The maximum atomic E-state index is 13.3. The van der Waals surface area contributed by atoms with Crippen molar-refractivity contribution in [2.75, 3.05) is 0 Å². The molecule has 1 amide bonds. The molecule has 3 aromatic rings. The van der Waals surface area contributed by atoms with E-state index in [1.165, 1.54) is 19.3 Å². The first-order valence-electron chi connectivity index (χ1n) is 8.95. The van der Waals surface area contributed by atoms with Crippen LogP contribution in [0, 0.1) is 0 Å². The van der Waals surface area contributed by atoms with E-state index >= 15 is 0 Å². The topological polar surface area (TPSA) is 61.9 Å². The molecule has 1 N–H and O–H groups in total. The highest BCUT2D eigenvalue weighted by Crippen LogP contribution is 2.25. The Morgan fingerprint density at radius 2 is 2.00 bits per heavy atom. The van der Waals surface area contributed by atoms with Gasteiger partial charge >= 0.3 is 0 Å². The van der Waals surface area contributed by atoms with Crippen molar-refractivity contribution in [3.05, 3.63) is 60.3 Å². The lowest BCUT2D eigenvalue weighted by atomic mass is 9.93. The van der Waals surface area contributed by atoms with Crippen LogP contribution in [-0.4, -0.2) is 31.8 Å². The number of fused-ring (bicyclic) bond motifs is 1. The minimum Gasteiger partial charge on any atom is -0.347 e. The van der Waals surface area contributed by atoms with Crippen LogP contribution in [0.2, 0.25) is 0 Å². The van der Waals surface area contributed by atoms with Gasteiger partial charge in [0.2, 0.25) is 0 Å². The van der Waals surface area contributed by atoms with Crippen LogP contribution in [0.3, 0.4) is 0 Å². The van der Waals surface area contributed by atoms with E-state index in [2.05, 4.69) is 15.0 Å². The molecule has 2 aromatic heterocycles. The molecule has 128 valence electrons. The molecule has 0 spiro atoms. The quantitative estimate of drug-likeness (QED) is 0.786. The number of hydrogen-bond donors (Lipinski definition) is 1. The van der Waals surface area contributed by atoms with Gasteiger partial charge in [-0.15, -0.1) is 0 Å².